The average Bonchev–Trinajstić information content (AvgIpc) is 2.86. The number of fused-ring (bicyclic) bond motifs is 5. The molecule has 0 aromatic carbocycles. The summed E-state index contributed by atoms with van der Waals surface area (Å²) in [5.74, 6) is 4.97. The standard InChI is InChI=1S/C16H24O/c1-2-4-13-11(3-1)5-7-15-14(13)8-6-12-9-17-10-16(12)15/h6,11,13-16H,1-5,7-10H2. The van der Waals surface area contributed by atoms with Crippen LogP contribution in [0.25, 0.3) is 0 Å². The van der Waals surface area contributed by atoms with E-state index in [1.54, 1.807) is 5.57 Å². The minimum Gasteiger partial charge on any atom is -0.376 e. The molecule has 17 heavy (non-hydrogen) atoms. The Morgan fingerprint density at radius 1 is 0.941 bits per heavy atom. The number of hydrogen-bond acceptors (Lipinski definition) is 1. The molecule has 3 aliphatic carbocycles. The maximum absolute atomic E-state index is 5.71. The van der Waals surface area contributed by atoms with E-state index in [1.807, 2.05) is 0 Å². The van der Waals surface area contributed by atoms with Crippen molar-refractivity contribution in [3.8, 4) is 0 Å². The largest absolute Gasteiger partial charge is 0.376 e. The van der Waals surface area contributed by atoms with Crippen molar-refractivity contribution in [1.82, 2.24) is 0 Å². The van der Waals surface area contributed by atoms with Gasteiger partial charge in [-0.1, -0.05) is 25.3 Å². The lowest BCUT2D eigenvalue weighted by molar-refractivity contribution is 0.0240. The lowest BCUT2D eigenvalue weighted by Gasteiger charge is -2.49. The van der Waals surface area contributed by atoms with Gasteiger partial charge in [0, 0.05) is 5.92 Å². The molecule has 1 nitrogen and oxygen atoms in total. The van der Waals surface area contributed by atoms with Crippen molar-refractivity contribution >= 4 is 0 Å². The lowest BCUT2D eigenvalue weighted by Crippen LogP contribution is -2.41. The molecule has 1 saturated heterocycles. The highest BCUT2D eigenvalue weighted by molar-refractivity contribution is 5.18. The van der Waals surface area contributed by atoms with E-state index in [9.17, 15) is 0 Å². The summed E-state index contributed by atoms with van der Waals surface area (Å²) in [5, 5.41) is 0. The van der Waals surface area contributed by atoms with Crippen LogP contribution in [-0.2, 0) is 4.74 Å². The van der Waals surface area contributed by atoms with Crippen molar-refractivity contribution in [3.63, 3.8) is 0 Å². The zero-order valence-corrected chi connectivity index (χ0v) is 10.7. The Bertz CT molecular complexity index is 332. The molecule has 5 atom stereocenters. The van der Waals surface area contributed by atoms with E-state index in [-0.39, 0.29) is 0 Å². The molecule has 0 aromatic heterocycles. The monoisotopic (exact) mass is 232 g/mol. The van der Waals surface area contributed by atoms with Gasteiger partial charge in [-0.2, -0.15) is 0 Å². The van der Waals surface area contributed by atoms with Crippen molar-refractivity contribution in [2.75, 3.05) is 13.2 Å². The smallest absolute Gasteiger partial charge is 0.0680 e. The van der Waals surface area contributed by atoms with E-state index in [1.165, 1.54) is 44.9 Å². The molecular formula is C16H24O. The summed E-state index contributed by atoms with van der Waals surface area (Å²) in [6.07, 6.45) is 13.0. The first-order valence-corrected chi connectivity index (χ1v) is 7.70. The van der Waals surface area contributed by atoms with Crippen molar-refractivity contribution in [2.24, 2.45) is 29.6 Å². The van der Waals surface area contributed by atoms with Crippen LogP contribution in [-0.4, -0.2) is 13.2 Å². The molecule has 0 radical (unpaired) electrons. The van der Waals surface area contributed by atoms with E-state index in [0.717, 1.165) is 42.8 Å². The topological polar surface area (TPSA) is 9.23 Å². The van der Waals surface area contributed by atoms with Gasteiger partial charge in [-0.15, -0.1) is 0 Å². The van der Waals surface area contributed by atoms with Crippen molar-refractivity contribution in [3.05, 3.63) is 11.6 Å². The summed E-state index contributed by atoms with van der Waals surface area (Å²) in [5.41, 5.74) is 1.65. The molecular weight excluding hydrogens is 208 g/mol. The van der Waals surface area contributed by atoms with Gasteiger partial charge in [-0.3, -0.25) is 0 Å². The quantitative estimate of drug-likeness (QED) is 0.577. The third-order valence-corrected chi connectivity index (χ3v) is 6.15. The van der Waals surface area contributed by atoms with Crippen LogP contribution < -0.4 is 0 Å². The molecule has 5 unspecified atom stereocenters. The molecule has 94 valence electrons. The van der Waals surface area contributed by atoms with Crippen LogP contribution in [0.4, 0.5) is 0 Å². The summed E-state index contributed by atoms with van der Waals surface area (Å²) in [4.78, 5) is 0. The number of ether oxygens (including phenoxy) is 1. The van der Waals surface area contributed by atoms with Gasteiger partial charge in [0.1, 0.15) is 0 Å². The normalized spacial score (nSPS) is 48.9. The van der Waals surface area contributed by atoms with Crippen LogP contribution in [0.1, 0.15) is 44.9 Å². The maximum Gasteiger partial charge on any atom is 0.0680 e. The number of rotatable bonds is 0. The first-order chi connectivity index (χ1) is 8.43. The van der Waals surface area contributed by atoms with Gasteiger partial charge in [0.25, 0.3) is 0 Å². The van der Waals surface area contributed by atoms with Crippen molar-refractivity contribution in [2.45, 2.75) is 44.9 Å². The summed E-state index contributed by atoms with van der Waals surface area (Å²) in [6, 6.07) is 0. The Kier molecular flexibility index (Phi) is 2.57. The summed E-state index contributed by atoms with van der Waals surface area (Å²) >= 11 is 0. The highest BCUT2D eigenvalue weighted by Crippen LogP contribution is 2.53. The van der Waals surface area contributed by atoms with E-state index >= 15 is 0 Å². The fourth-order valence-corrected chi connectivity index (χ4v) is 5.36. The predicted octanol–water partition coefficient (Wildman–Crippen LogP) is 3.80. The second-order valence-electron chi connectivity index (χ2n) is 6.75. The molecule has 0 amide bonds. The van der Waals surface area contributed by atoms with E-state index in [0.29, 0.717) is 0 Å². The fraction of sp³-hybridized carbons (Fsp3) is 0.875. The van der Waals surface area contributed by atoms with E-state index < -0.39 is 0 Å². The Balaban J connectivity index is 1.61. The minimum absolute atomic E-state index is 0.816. The van der Waals surface area contributed by atoms with Gasteiger partial charge in [-0.05, 0) is 54.9 Å². The summed E-state index contributed by atoms with van der Waals surface area (Å²) in [7, 11) is 0. The van der Waals surface area contributed by atoms with Crippen molar-refractivity contribution < 1.29 is 4.74 Å². The molecule has 3 fully saturated rings. The third kappa shape index (κ3) is 1.62. The highest BCUT2D eigenvalue weighted by atomic mass is 16.5. The van der Waals surface area contributed by atoms with Crippen molar-refractivity contribution in [1.29, 1.82) is 0 Å². The SMILES string of the molecule is C1=C2COCC2C2CCC3CCCCC3C2C1. The maximum atomic E-state index is 5.71. The molecule has 2 saturated carbocycles. The molecule has 0 N–H and O–H groups in total. The summed E-state index contributed by atoms with van der Waals surface area (Å²) < 4.78 is 5.71. The first kappa shape index (κ1) is 10.6. The predicted molar refractivity (Wildman–Crippen MR) is 68.7 cm³/mol. The first-order valence-electron chi connectivity index (χ1n) is 7.70. The number of hydrogen-bond donors (Lipinski definition) is 0. The van der Waals surface area contributed by atoms with E-state index in [4.69, 9.17) is 4.74 Å². The second-order valence-corrected chi connectivity index (χ2v) is 6.75. The van der Waals surface area contributed by atoms with Crippen LogP contribution >= 0.6 is 0 Å². The molecule has 4 rings (SSSR count). The second kappa shape index (κ2) is 4.12. The zero-order chi connectivity index (χ0) is 11.2. The average molecular weight is 232 g/mol. The highest BCUT2D eigenvalue weighted by Gasteiger charge is 2.46. The van der Waals surface area contributed by atoms with Gasteiger partial charge in [0.05, 0.1) is 13.2 Å². The Morgan fingerprint density at radius 3 is 2.88 bits per heavy atom. The third-order valence-electron chi connectivity index (χ3n) is 6.15. The van der Waals surface area contributed by atoms with Gasteiger partial charge in [0.15, 0.2) is 0 Å². The Hall–Kier alpha value is -0.300. The lowest BCUT2D eigenvalue weighted by atomic mass is 9.56. The Morgan fingerprint density at radius 2 is 1.88 bits per heavy atom. The van der Waals surface area contributed by atoms with Crippen LogP contribution in [0.5, 0.6) is 0 Å². The molecule has 1 heteroatoms. The minimum atomic E-state index is 0.816. The summed E-state index contributed by atoms with van der Waals surface area (Å²) in [6.45, 7) is 1.98. The fourth-order valence-electron chi connectivity index (χ4n) is 5.36. The van der Waals surface area contributed by atoms with Gasteiger partial charge in [0.2, 0.25) is 0 Å². The van der Waals surface area contributed by atoms with Crippen LogP contribution in [0.3, 0.4) is 0 Å². The Labute approximate surface area is 105 Å². The molecule has 1 heterocycles. The molecule has 4 aliphatic rings. The van der Waals surface area contributed by atoms with Gasteiger partial charge in [-0.25, -0.2) is 0 Å². The molecule has 1 aliphatic heterocycles. The van der Waals surface area contributed by atoms with Crippen LogP contribution in [0, 0.1) is 29.6 Å². The van der Waals surface area contributed by atoms with Gasteiger partial charge >= 0.3 is 0 Å². The molecule has 0 bridgehead atoms. The molecule has 0 spiro atoms. The van der Waals surface area contributed by atoms with Crippen LogP contribution in [0.2, 0.25) is 0 Å². The van der Waals surface area contributed by atoms with Gasteiger partial charge < -0.3 is 4.74 Å². The van der Waals surface area contributed by atoms with Crippen LogP contribution in [0.15, 0.2) is 11.6 Å². The molecule has 0 aromatic rings. The zero-order valence-electron chi connectivity index (χ0n) is 10.7. The number of allylic oxidation sites excluding steroid dienone is 1. The van der Waals surface area contributed by atoms with E-state index in [2.05, 4.69) is 6.08 Å².